The first-order valence-electron chi connectivity index (χ1n) is 7.33. The molecule has 0 bridgehead atoms. The zero-order chi connectivity index (χ0) is 13.2. The summed E-state index contributed by atoms with van der Waals surface area (Å²) in [6.07, 6.45) is 3.91. The van der Waals surface area contributed by atoms with Crippen molar-refractivity contribution in [3.8, 4) is 0 Å². The molecule has 1 aliphatic rings. The van der Waals surface area contributed by atoms with E-state index >= 15 is 0 Å². The highest BCUT2D eigenvalue weighted by Crippen LogP contribution is 2.18. The number of hydrogen-bond donors (Lipinski definition) is 1. The zero-order valence-electron chi connectivity index (χ0n) is 12.3. The second-order valence-corrected chi connectivity index (χ2v) is 5.07. The molecule has 1 aliphatic heterocycles. The fourth-order valence-corrected chi connectivity index (χ4v) is 2.52. The summed E-state index contributed by atoms with van der Waals surface area (Å²) < 4.78 is 10.7. The first-order chi connectivity index (χ1) is 8.77. The zero-order valence-corrected chi connectivity index (χ0v) is 12.3. The van der Waals surface area contributed by atoms with Gasteiger partial charge >= 0.3 is 0 Å². The molecule has 1 N–H and O–H groups in total. The number of piperidine rings is 1. The summed E-state index contributed by atoms with van der Waals surface area (Å²) in [5, 5.41) is 3.48. The van der Waals surface area contributed by atoms with Crippen LogP contribution in [0.1, 0.15) is 33.1 Å². The monoisotopic (exact) mass is 258 g/mol. The first-order valence-corrected chi connectivity index (χ1v) is 7.33. The number of nitrogens with one attached hydrogen (secondary N) is 1. The Bertz CT molecular complexity index is 202. The van der Waals surface area contributed by atoms with Crippen LogP contribution in [0.15, 0.2) is 0 Å². The van der Waals surface area contributed by atoms with Crippen LogP contribution in [0.2, 0.25) is 0 Å². The van der Waals surface area contributed by atoms with Crippen LogP contribution >= 0.6 is 0 Å². The Hall–Kier alpha value is -0.160. The molecule has 0 spiro atoms. The quantitative estimate of drug-likeness (QED) is 0.636. The summed E-state index contributed by atoms with van der Waals surface area (Å²) >= 11 is 0. The lowest BCUT2D eigenvalue weighted by Crippen LogP contribution is -2.45. The van der Waals surface area contributed by atoms with Gasteiger partial charge in [0.2, 0.25) is 0 Å². The molecular weight excluding hydrogens is 228 g/mol. The van der Waals surface area contributed by atoms with Crippen molar-refractivity contribution in [2.45, 2.75) is 45.3 Å². The van der Waals surface area contributed by atoms with Gasteiger partial charge in [-0.05, 0) is 39.7 Å². The third-order valence-corrected chi connectivity index (χ3v) is 3.72. The largest absolute Gasteiger partial charge is 0.382 e. The average Bonchev–Trinajstić information content (AvgIpc) is 2.39. The minimum Gasteiger partial charge on any atom is -0.382 e. The molecule has 0 aliphatic carbocycles. The average molecular weight is 258 g/mol. The molecule has 0 aromatic carbocycles. The van der Waals surface area contributed by atoms with Crippen molar-refractivity contribution < 1.29 is 9.47 Å². The highest BCUT2D eigenvalue weighted by atomic mass is 16.5. The molecule has 0 aromatic rings. The Morgan fingerprint density at radius 3 is 2.83 bits per heavy atom. The number of likely N-dealkylation sites (tertiary alicyclic amines) is 1. The fraction of sp³-hybridized carbons (Fsp3) is 1.00. The SMILES string of the molecule is CCOCCCNCCN1CCC(OC)CC1C. The molecule has 18 heavy (non-hydrogen) atoms. The van der Waals surface area contributed by atoms with E-state index in [-0.39, 0.29) is 0 Å². The van der Waals surface area contributed by atoms with Crippen LogP contribution in [-0.4, -0.2) is 63.5 Å². The van der Waals surface area contributed by atoms with Crippen LogP contribution in [0.3, 0.4) is 0 Å². The van der Waals surface area contributed by atoms with Crippen molar-refractivity contribution in [1.29, 1.82) is 0 Å². The minimum absolute atomic E-state index is 0.468. The number of hydrogen-bond acceptors (Lipinski definition) is 4. The number of ether oxygens (including phenoxy) is 2. The van der Waals surface area contributed by atoms with Gasteiger partial charge in [-0.3, -0.25) is 4.90 Å². The summed E-state index contributed by atoms with van der Waals surface area (Å²) in [5.74, 6) is 0. The summed E-state index contributed by atoms with van der Waals surface area (Å²) in [6.45, 7) is 10.5. The highest BCUT2D eigenvalue weighted by Gasteiger charge is 2.24. The molecule has 1 heterocycles. The first kappa shape index (κ1) is 15.9. The fourth-order valence-electron chi connectivity index (χ4n) is 2.52. The van der Waals surface area contributed by atoms with E-state index in [1.54, 1.807) is 0 Å². The number of methoxy groups -OCH3 is 1. The van der Waals surface area contributed by atoms with E-state index < -0.39 is 0 Å². The van der Waals surface area contributed by atoms with E-state index in [4.69, 9.17) is 9.47 Å². The van der Waals surface area contributed by atoms with Crippen LogP contribution in [0.4, 0.5) is 0 Å². The normalized spacial score (nSPS) is 25.5. The molecule has 0 radical (unpaired) electrons. The minimum atomic E-state index is 0.468. The van der Waals surface area contributed by atoms with E-state index in [2.05, 4.69) is 17.1 Å². The molecule has 2 unspecified atom stereocenters. The topological polar surface area (TPSA) is 33.7 Å². The third-order valence-electron chi connectivity index (χ3n) is 3.72. The lowest BCUT2D eigenvalue weighted by Gasteiger charge is -2.37. The van der Waals surface area contributed by atoms with Crippen molar-refractivity contribution >= 4 is 0 Å². The summed E-state index contributed by atoms with van der Waals surface area (Å²) in [5.41, 5.74) is 0. The molecule has 108 valence electrons. The van der Waals surface area contributed by atoms with Crippen molar-refractivity contribution in [2.75, 3.05) is 46.5 Å². The maximum atomic E-state index is 5.43. The Balaban J connectivity index is 1.99. The van der Waals surface area contributed by atoms with Crippen molar-refractivity contribution in [1.82, 2.24) is 10.2 Å². The molecule has 0 saturated carbocycles. The summed E-state index contributed by atoms with van der Waals surface area (Å²) in [7, 11) is 1.83. The molecule has 0 aromatic heterocycles. The molecule has 1 rings (SSSR count). The van der Waals surface area contributed by atoms with Gasteiger partial charge in [-0.15, -0.1) is 0 Å². The van der Waals surface area contributed by atoms with E-state index in [1.807, 2.05) is 14.0 Å². The van der Waals surface area contributed by atoms with E-state index in [1.165, 1.54) is 19.4 Å². The second kappa shape index (κ2) is 9.73. The van der Waals surface area contributed by atoms with Gasteiger partial charge in [0.25, 0.3) is 0 Å². The molecule has 4 nitrogen and oxygen atoms in total. The number of nitrogens with zero attached hydrogens (tertiary/aromatic N) is 1. The van der Waals surface area contributed by atoms with Gasteiger partial charge < -0.3 is 14.8 Å². The van der Waals surface area contributed by atoms with Crippen LogP contribution in [0.5, 0.6) is 0 Å². The van der Waals surface area contributed by atoms with Gasteiger partial charge in [0, 0.05) is 46.0 Å². The molecule has 4 heteroatoms. The third kappa shape index (κ3) is 6.14. The summed E-state index contributed by atoms with van der Waals surface area (Å²) in [6, 6.07) is 0.647. The molecule has 0 amide bonds. The molecule has 2 atom stereocenters. The van der Waals surface area contributed by atoms with Gasteiger partial charge in [0.1, 0.15) is 0 Å². The highest BCUT2D eigenvalue weighted by molar-refractivity contribution is 4.79. The Kier molecular flexibility index (Phi) is 8.59. The maximum absolute atomic E-state index is 5.43. The Morgan fingerprint density at radius 2 is 2.17 bits per heavy atom. The van der Waals surface area contributed by atoms with Crippen LogP contribution < -0.4 is 5.32 Å². The predicted octanol–water partition coefficient (Wildman–Crippen LogP) is 1.50. The lowest BCUT2D eigenvalue weighted by atomic mass is 10.0. The van der Waals surface area contributed by atoms with Crippen LogP contribution in [0, 0.1) is 0 Å². The second-order valence-electron chi connectivity index (χ2n) is 5.07. The molecular formula is C14H30N2O2. The molecule has 1 fully saturated rings. The van der Waals surface area contributed by atoms with E-state index in [0.29, 0.717) is 12.1 Å². The predicted molar refractivity (Wildman–Crippen MR) is 75.0 cm³/mol. The van der Waals surface area contributed by atoms with Gasteiger partial charge in [-0.25, -0.2) is 0 Å². The van der Waals surface area contributed by atoms with Crippen molar-refractivity contribution in [3.05, 3.63) is 0 Å². The van der Waals surface area contributed by atoms with E-state index in [9.17, 15) is 0 Å². The Morgan fingerprint density at radius 1 is 1.33 bits per heavy atom. The Labute approximate surface area is 112 Å². The van der Waals surface area contributed by atoms with E-state index in [0.717, 1.165) is 39.3 Å². The standard InChI is InChI=1S/C14H30N2O2/c1-4-18-11-5-7-15-8-10-16-9-6-14(17-3)12-13(16)2/h13-15H,4-12H2,1-3H3. The van der Waals surface area contributed by atoms with Gasteiger partial charge in [0.15, 0.2) is 0 Å². The van der Waals surface area contributed by atoms with Gasteiger partial charge in [0.05, 0.1) is 6.10 Å². The molecule has 1 saturated heterocycles. The smallest absolute Gasteiger partial charge is 0.0598 e. The van der Waals surface area contributed by atoms with Crippen molar-refractivity contribution in [3.63, 3.8) is 0 Å². The van der Waals surface area contributed by atoms with Crippen molar-refractivity contribution in [2.24, 2.45) is 0 Å². The maximum Gasteiger partial charge on any atom is 0.0598 e. The van der Waals surface area contributed by atoms with Crippen LogP contribution in [0.25, 0.3) is 0 Å². The van der Waals surface area contributed by atoms with Crippen LogP contribution in [-0.2, 0) is 9.47 Å². The summed E-state index contributed by atoms with van der Waals surface area (Å²) in [4.78, 5) is 2.56. The lowest BCUT2D eigenvalue weighted by molar-refractivity contribution is 0.0165. The van der Waals surface area contributed by atoms with Gasteiger partial charge in [-0.2, -0.15) is 0 Å². The van der Waals surface area contributed by atoms with Gasteiger partial charge in [-0.1, -0.05) is 0 Å². The number of rotatable bonds is 9.